The molecule has 0 aromatic heterocycles. The van der Waals surface area contributed by atoms with Gasteiger partial charge in [0.15, 0.2) is 0 Å². The van der Waals surface area contributed by atoms with Crippen molar-refractivity contribution in [1.29, 1.82) is 0 Å². The zero-order valence-corrected chi connectivity index (χ0v) is 6.16. The Morgan fingerprint density at radius 3 is 2.50 bits per heavy atom. The minimum absolute atomic E-state index is 1.07. The second kappa shape index (κ2) is 5.04. The Labute approximate surface area is 62.9 Å². The summed E-state index contributed by atoms with van der Waals surface area (Å²) in [6, 6.07) is 0. The molecule has 0 saturated carbocycles. The maximum Gasteiger partial charge on any atom is 0.00442 e. The monoisotopic (exact) mass is 133 g/mol. The highest BCUT2D eigenvalue weighted by atomic mass is 13.9. The molecule has 1 aliphatic rings. The zero-order valence-electron chi connectivity index (χ0n) is 6.16. The van der Waals surface area contributed by atoms with Gasteiger partial charge in [0.1, 0.15) is 0 Å². The summed E-state index contributed by atoms with van der Waals surface area (Å²) in [4.78, 5) is 0. The number of allylic oxidation sites excluding steroid dienone is 6. The molecule has 0 unspecified atom stereocenters. The third kappa shape index (κ3) is 3.29. The summed E-state index contributed by atoms with van der Waals surface area (Å²) in [5.41, 5.74) is 0. The fourth-order valence-corrected chi connectivity index (χ4v) is 0.881. The van der Waals surface area contributed by atoms with Crippen molar-refractivity contribution >= 4 is 0 Å². The van der Waals surface area contributed by atoms with Crippen LogP contribution < -0.4 is 0 Å². The standard InChI is InChI=1S/C10H13/c1-2-4-6-8-10-9-7-5-3-1/h1-5,8,10H,6-7,9H2/b4-2+,5-3-,10-8-. The highest BCUT2D eigenvalue weighted by molar-refractivity contribution is 5.10. The van der Waals surface area contributed by atoms with E-state index in [4.69, 9.17) is 0 Å². The van der Waals surface area contributed by atoms with Crippen molar-refractivity contribution in [3.8, 4) is 0 Å². The minimum Gasteiger partial charge on any atom is -0.0879 e. The third-order valence-corrected chi connectivity index (χ3v) is 1.43. The molecule has 0 spiro atoms. The first-order valence-corrected chi connectivity index (χ1v) is 3.80. The molecule has 0 aromatic carbocycles. The molecular weight excluding hydrogens is 120 g/mol. The molecule has 0 N–H and O–H groups in total. The first-order valence-electron chi connectivity index (χ1n) is 3.80. The molecule has 10 heavy (non-hydrogen) atoms. The molecule has 0 bridgehead atoms. The van der Waals surface area contributed by atoms with Gasteiger partial charge in [-0.25, -0.2) is 0 Å². The van der Waals surface area contributed by atoms with Crippen LogP contribution in [0.5, 0.6) is 0 Å². The maximum atomic E-state index is 2.24. The van der Waals surface area contributed by atoms with Crippen LogP contribution in [0.1, 0.15) is 19.3 Å². The summed E-state index contributed by atoms with van der Waals surface area (Å²) in [7, 11) is 0. The second-order valence-electron chi connectivity index (χ2n) is 2.33. The van der Waals surface area contributed by atoms with E-state index in [-0.39, 0.29) is 0 Å². The normalized spacial score (nSPS) is 28.8. The summed E-state index contributed by atoms with van der Waals surface area (Å²) < 4.78 is 0. The number of hydrogen-bond donors (Lipinski definition) is 0. The predicted octanol–water partition coefficient (Wildman–Crippen LogP) is 3.04. The molecule has 0 amide bonds. The first-order chi connectivity index (χ1) is 5.00. The first kappa shape index (κ1) is 7.33. The van der Waals surface area contributed by atoms with Crippen LogP contribution in [0.2, 0.25) is 0 Å². The average molecular weight is 133 g/mol. The molecule has 0 aromatic rings. The van der Waals surface area contributed by atoms with Crippen LogP contribution in [0.15, 0.2) is 36.5 Å². The lowest BCUT2D eigenvalue weighted by Crippen LogP contribution is -1.69. The molecule has 0 saturated heterocycles. The van der Waals surface area contributed by atoms with E-state index in [0.717, 1.165) is 6.42 Å². The smallest absolute Gasteiger partial charge is 0.00442 e. The van der Waals surface area contributed by atoms with Gasteiger partial charge in [-0.3, -0.25) is 0 Å². The van der Waals surface area contributed by atoms with Crippen molar-refractivity contribution in [3.63, 3.8) is 0 Å². The van der Waals surface area contributed by atoms with Gasteiger partial charge in [-0.2, -0.15) is 0 Å². The van der Waals surface area contributed by atoms with Crippen LogP contribution in [0.4, 0.5) is 0 Å². The Balaban J connectivity index is 2.38. The highest BCUT2D eigenvalue weighted by Gasteiger charge is 1.79. The summed E-state index contributed by atoms with van der Waals surface area (Å²) in [5, 5.41) is 0. The van der Waals surface area contributed by atoms with Gasteiger partial charge in [-0.05, 0) is 19.3 Å². The van der Waals surface area contributed by atoms with E-state index in [1.165, 1.54) is 12.8 Å². The van der Waals surface area contributed by atoms with Crippen molar-refractivity contribution in [3.05, 3.63) is 42.9 Å². The van der Waals surface area contributed by atoms with Crippen LogP contribution in [-0.4, -0.2) is 0 Å². The van der Waals surface area contributed by atoms with E-state index < -0.39 is 0 Å². The molecule has 0 aliphatic heterocycles. The SMILES string of the molecule is [CH]1/C=C\CC/C=C\C/C=C/1. The van der Waals surface area contributed by atoms with E-state index >= 15 is 0 Å². The van der Waals surface area contributed by atoms with Gasteiger partial charge in [0, 0.05) is 6.42 Å². The van der Waals surface area contributed by atoms with Crippen LogP contribution in [0.3, 0.4) is 0 Å². The van der Waals surface area contributed by atoms with Gasteiger partial charge in [0.25, 0.3) is 0 Å². The lowest BCUT2D eigenvalue weighted by molar-refractivity contribution is 1.04. The van der Waals surface area contributed by atoms with Crippen LogP contribution >= 0.6 is 0 Å². The molecule has 1 rings (SSSR count). The second-order valence-corrected chi connectivity index (χ2v) is 2.33. The lowest BCUT2D eigenvalue weighted by Gasteiger charge is -1.89. The van der Waals surface area contributed by atoms with E-state index in [1.54, 1.807) is 0 Å². The summed E-state index contributed by atoms with van der Waals surface area (Å²) in [6.45, 7) is 0. The van der Waals surface area contributed by atoms with Gasteiger partial charge in [0.05, 0.1) is 0 Å². The summed E-state index contributed by atoms with van der Waals surface area (Å²) >= 11 is 0. The van der Waals surface area contributed by atoms with Gasteiger partial charge in [-0.15, -0.1) is 0 Å². The topological polar surface area (TPSA) is 0 Å². The van der Waals surface area contributed by atoms with Crippen molar-refractivity contribution in [1.82, 2.24) is 0 Å². The van der Waals surface area contributed by atoms with E-state index in [0.29, 0.717) is 0 Å². The van der Waals surface area contributed by atoms with Crippen LogP contribution in [0.25, 0.3) is 0 Å². The van der Waals surface area contributed by atoms with Gasteiger partial charge < -0.3 is 0 Å². The summed E-state index contributed by atoms with van der Waals surface area (Å²) in [6.07, 6.45) is 18.5. The largest absolute Gasteiger partial charge is 0.0879 e. The van der Waals surface area contributed by atoms with E-state index in [9.17, 15) is 0 Å². The molecule has 0 atom stereocenters. The summed E-state index contributed by atoms with van der Waals surface area (Å²) in [5.74, 6) is 0. The van der Waals surface area contributed by atoms with Crippen molar-refractivity contribution in [2.45, 2.75) is 19.3 Å². The van der Waals surface area contributed by atoms with Crippen LogP contribution in [0, 0.1) is 6.42 Å². The maximum absolute atomic E-state index is 2.24. The highest BCUT2D eigenvalue weighted by Crippen LogP contribution is 1.99. The van der Waals surface area contributed by atoms with Gasteiger partial charge in [-0.1, -0.05) is 36.5 Å². The fraction of sp³-hybridized carbons (Fsp3) is 0.300. The quantitative estimate of drug-likeness (QED) is 0.445. The lowest BCUT2D eigenvalue weighted by atomic mass is 10.2. The van der Waals surface area contributed by atoms with E-state index in [2.05, 4.69) is 42.9 Å². The van der Waals surface area contributed by atoms with Gasteiger partial charge in [0.2, 0.25) is 0 Å². The number of rotatable bonds is 0. The number of hydrogen-bond acceptors (Lipinski definition) is 0. The Morgan fingerprint density at radius 2 is 1.50 bits per heavy atom. The molecular formula is C10H13. The Morgan fingerprint density at radius 1 is 0.700 bits per heavy atom. The Bertz CT molecular complexity index is 131. The molecule has 53 valence electrons. The predicted molar refractivity (Wildman–Crippen MR) is 45.6 cm³/mol. The Kier molecular flexibility index (Phi) is 3.69. The molecule has 0 heterocycles. The zero-order chi connectivity index (χ0) is 7.07. The molecule has 0 nitrogen and oxygen atoms in total. The average Bonchev–Trinajstić information content (AvgIpc) is 2.01. The third-order valence-electron chi connectivity index (χ3n) is 1.43. The molecule has 0 fully saturated rings. The minimum atomic E-state index is 1.07. The van der Waals surface area contributed by atoms with Crippen molar-refractivity contribution < 1.29 is 0 Å². The van der Waals surface area contributed by atoms with Gasteiger partial charge >= 0.3 is 0 Å². The van der Waals surface area contributed by atoms with Crippen LogP contribution in [-0.2, 0) is 0 Å². The molecule has 0 heteroatoms. The fourth-order valence-electron chi connectivity index (χ4n) is 0.881. The molecule has 1 radical (unpaired) electrons. The van der Waals surface area contributed by atoms with Crippen molar-refractivity contribution in [2.75, 3.05) is 0 Å². The van der Waals surface area contributed by atoms with E-state index in [1.807, 2.05) is 0 Å². The van der Waals surface area contributed by atoms with Crippen molar-refractivity contribution in [2.24, 2.45) is 0 Å². The molecule has 1 aliphatic carbocycles. The Hall–Kier alpha value is -0.780.